The zero-order valence-corrected chi connectivity index (χ0v) is 13.4. The van der Waals surface area contributed by atoms with Crippen LogP contribution in [0.2, 0.25) is 0 Å². The van der Waals surface area contributed by atoms with Crippen LogP contribution in [0.1, 0.15) is 0 Å². The highest BCUT2D eigenvalue weighted by molar-refractivity contribution is 7.80. The number of alkyl halides is 3. The number of halogens is 3. The number of nitro groups is 1. The summed E-state index contributed by atoms with van der Waals surface area (Å²) in [4.78, 5) is 10.2. The first-order valence-electron chi connectivity index (χ1n) is 6.85. The van der Waals surface area contributed by atoms with Gasteiger partial charge in [0.05, 0.1) is 16.7 Å². The Balaban J connectivity index is 2.14. The van der Waals surface area contributed by atoms with Crippen LogP contribution in [0.15, 0.2) is 48.5 Å². The van der Waals surface area contributed by atoms with E-state index in [9.17, 15) is 23.3 Å². The second kappa shape index (κ2) is 7.79. The minimum absolute atomic E-state index is 0.119. The molecule has 0 amide bonds. The van der Waals surface area contributed by atoms with E-state index in [1.165, 1.54) is 6.07 Å². The summed E-state index contributed by atoms with van der Waals surface area (Å²) in [5, 5.41) is 16.6. The van der Waals surface area contributed by atoms with Crippen LogP contribution in [-0.2, 0) is 0 Å². The molecule has 0 aliphatic rings. The van der Waals surface area contributed by atoms with Gasteiger partial charge >= 0.3 is 6.18 Å². The molecule has 0 radical (unpaired) electrons. The second-order valence-electron chi connectivity index (χ2n) is 4.82. The summed E-state index contributed by atoms with van der Waals surface area (Å²) in [7, 11) is 0. The minimum atomic E-state index is -4.55. The standard InChI is InChI=1S/C15H12F3N3O3S/c16-15(17,18)9-24-13-7-11(6-12(8-13)21(22)23)20-14(25)19-10-4-2-1-3-5-10/h1-8H,9H2,(H2,19,20,25). The van der Waals surface area contributed by atoms with Crippen molar-refractivity contribution < 1.29 is 22.8 Å². The van der Waals surface area contributed by atoms with Gasteiger partial charge in [0.2, 0.25) is 0 Å². The van der Waals surface area contributed by atoms with Crippen LogP contribution in [0.3, 0.4) is 0 Å². The average molecular weight is 371 g/mol. The predicted molar refractivity (Wildman–Crippen MR) is 90.9 cm³/mol. The van der Waals surface area contributed by atoms with E-state index >= 15 is 0 Å². The van der Waals surface area contributed by atoms with E-state index in [1.807, 2.05) is 6.07 Å². The maximum absolute atomic E-state index is 12.2. The smallest absolute Gasteiger partial charge is 0.422 e. The molecule has 2 aromatic carbocycles. The zero-order valence-electron chi connectivity index (χ0n) is 12.5. The summed E-state index contributed by atoms with van der Waals surface area (Å²) < 4.78 is 41.3. The highest BCUT2D eigenvalue weighted by Crippen LogP contribution is 2.27. The molecule has 0 bridgehead atoms. The number of nitro benzene ring substituents is 1. The summed E-state index contributed by atoms with van der Waals surface area (Å²) in [5.41, 5.74) is 0.378. The van der Waals surface area contributed by atoms with E-state index in [2.05, 4.69) is 15.4 Å². The molecule has 2 aromatic rings. The number of hydrogen-bond donors (Lipinski definition) is 2. The highest BCUT2D eigenvalue weighted by atomic mass is 32.1. The fourth-order valence-corrected chi connectivity index (χ4v) is 2.06. The monoisotopic (exact) mass is 371 g/mol. The number of nitrogens with one attached hydrogen (secondary N) is 2. The van der Waals surface area contributed by atoms with E-state index in [1.54, 1.807) is 24.3 Å². The van der Waals surface area contributed by atoms with Crippen LogP contribution in [0, 0.1) is 10.1 Å². The molecule has 0 fully saturated rings. The normalized spacial score (nSPS) is 10.8. The molecule has 0 aliphatic carbocycles. The molecule has 0 heterocycles. The number of thiocarbonyl (C=S) groups is 1. The van der Waals surface area contributed by atoms with Gasteiger partial charge in [0.15, 0.2) is 11.7 Å². The van der Waals surface area contributed by atoms with Crippen molar-refractivity contribution >= 4 is 34.4 Å². The topological polar surface area (TPSA) is 76.4 Å². The lowest BCUT2D eigenvalue weighted by molar-refractivity contribution is -0.384. The third-order valence-corrected chi connectivity index (χ3v) is 3.00. The minimum Gasteiger partial charge on any atom is -0.484 e. The van der Waals surface area contributed by atoms with Crippen LogP contribution in [0.5, 0.6) is 5.75 Å². The van der Waals surface area contributed by atoms with Crippen LogP contribution >= 0.6 is 12.2 Å². The van der Waals surface area contributed by atoms with Gasteiger partial charge in [-0.15, -0.1) is 0 Å². The van der Waals surface area contributed by atoms with Crippen molar-refractivity contribution in [1.29, 1.82) is 0 Å². The maximum Gasteiger partial charge on any atom is 0.422 e. The quantitative estimate of drug-likeness (QED) is 0.462. The first-order valence-corrected chi connectivity index (χ1v) is 7.26. The lowest BCUT2D eigenvalue weighted by Crippen LogP contribution is -2.20. The Bertz CT molecular complexity index is 770. The van der Waals surface area contributed by atoms with Gasteiger partial charge in [0.1, 0.15) is 5.75 Å². The van der Waals surface area contributed by atoms with Crippen molar-refractivity contribution in [3.63, 3.8) is 0 Å². The zero-order chi connectivity index (χ0) is 18.4. The third-order valence-electron chi connectivity index (χ3n) is 2.79. The number of non-ortho nitro benzene ring substituents is 1. The Labute approximate surface area is 145 Å². The van der Waals surface area contributed by atoms with Crippen LogP contribution < -0.4 is 15.4 Å². The number of rotatable bonds is 5. The highest BCUT2D eigenvalue weighted by Gasteiger charge is 2.28. The Kier molecular flexibility index (Phi) is 5.75. The van der Waals surface area contributed by atoms with E-state index < -0.39 is 23.4 Å². The number of hydrogen-bond acceptors (Lipinski definition) is 4. The fourth-order valence-electron chi connectivity index (χ4n) is 1.82. The summed E-state index contributed by atoms with van der Waals surface area (Å²) in [6, 6.07) is 12.1. The molecule has 2 N–H and O–H groups in total. The Morgan fingerprint density at radius 2 is 1.76 bits per heavy atom. The van der Waals surface area contributed by atoms with E-state index in [-0.39, 0.29) is 16.5 Å². The van der Waals surface area contributed by atoms with Gasteiger partial charge in [-0.3, -0.25) is 10.1 Å². The van der Waals surface area contributed by atoms with Gasteiger partial charge in [0.25, 0.3) is 5.69 Å². The lowest BCUT2D eigenvalue weighted by Gasteiger charge is -2.13. The van der Waals surface area contributed by atoms with E-state index in [4.69, 9.17) is 12.2 Å². The molecule has 0 spiro atoms. The Morgan fingerprint density at radius 3 is 2.36 bits per heavy atom. The summed E-state index contributed by atoms with van der Waals surface area (Å²) in [6.45, 7) is -1.56. The molecule has 0 unspecified atom stereocenters. The maximum atomic E-state index is 12.2. The SMILES string of the molecule is O=[N+]([O-])c1cc(NC(=S)Nc2ccccc2)cc(OCC(F)(F)F)c1. The van der Waals surface area contributed by atoms with Crippen molar-refractivity contribution in [2.75, 3.05) is 17.2 Å². The summed E-state index contributed by atoms with van der Waals surface area (Å²) >= 11 is 5.08. The van der Waals surface area contributed by atoms with E-state index in [0.717, 1.165) is 12.1 Å². The van der Waals surface area contributed by atoms with Crippen LogP contribution in [0.25, 0.3) is 0 Å². The number of nitrogens with zero attached hydrogens (tertiary/aromatic N) is 1. The van der Waals surface area contributed by atoms with Crippen molar-refractivity contribution in [1.82, 2.24) is 0 Å². The van der Waals surface area contributed by atoms with Gasteiger partial charge in [0, 0.05) is 17.8 Å². The van der Waals surface area contributed by atoms with Crippen molar-refractivity contribution in [3.05, 3.63) is 58.6 Å². The molecule has 25 heavy (non-hydrogen) atoms. The van der Waals surface area contributed by atoms with Gasteiger partial charge in [-0.2, -0.15) is 13.2 Å². The first kappa shape index (κ1) is 18.5. The summed E-state index contributed by atoms with van der Waals surface area (Å²) in [6.07, 6.45) is -4.55. The number of para-hydroxylation sites is 1. The molecular formula is C15H12F3N3O3S. The van der Waals surface area contributed by atoms with E-state index in [0.29, 0.717) is 5.69 Å². The second-order valence-corrected chi connectivity index (χ2v) is 5.23. The van der Waals surface area contributed by atoms with Crippen LogP contribution in [-0.4, -0.2) is 22.8 Å². The largest absolute Gasteiger partial charge is 0.484 e. The molecule has 6 nitrogen and oxygen atoms in total. The Morgan fingerprint density at radius 1 is 1.12 bits per heavy atom. The van der Waals surface area contributed by atoms with Gasteiger partial charge in [-0.1, -0.05) is 18.2 Å². The number of anilines is 2. The van der Waals surface area contributed by atoms with Crippen LogP contribution in [0.4, 0.5) is 30.2 Å². The first-order chi connectivity index (χ1) is 11.7. The molecular weight excluding hydrogens is 359 g/mol. The molecule has 0 aliphatic heterocycles. The van der Waals surface area contributed by atoms with Crippen molar-refractivity contribution in [2.45, 2.75) is 6.18 Å². The van der Waals surface area contributed by atoms with Gasteiger partial charge < -0.3 is 15.4 Å². The van der Waals surface area contributed by atoms with Crippen molar-refractivity contribution in [2.24, 2.45) is 0 Å². The predicted octanol–water partition coefficient (Wildman–Crippen LogP) is 4.34. The average Bonchev–Trinajstić information content (AvgIpc) is 2.53. The molecule has 0 atom stereocenters. The molecule has 2 rings (SSSR count). The molecule has 0 saturated carbocycles. The Hall–Kier alpha value is -2.88. The van der Waals surface area contributed by atoms with Gasteiger partial charge in [-0.25, -0.2) is 0 Å². The third kappa shape index (κ3) is 6.26. The summed E-state index contributed by atoms with van der Waals surface area (Å²) in [5.74, 6) is -0.295. The van der Waals surface area contributed by atoms with Gasteiger partial charge in [-0.05, 0) is 24.4 Å². The number of ether oxygens (including phenoxy) is 1. The van der Waals surface area contributed by atoms with Crippen molar-refractivity contribution in [3.8, 4) is 5.75 Å². The lowest BCUT2D eigenvalue weighted by atomic mass is 10.2. The fraction of sp³-hybridized carbons (Fsp3) is 0.133. The molecule has 0 saturated heterocycles. The number of benzene rings is 2. The molecule has 10 heteroatoms. The molecule has 0 aromatic heterocycles. The molecule has 132 valence electrons.